The van der Waals surface area contributed by atoms with Gasteiger partial charge in [0.15, 0.2) is 0 Å². The van der Waals surface area contributed by atoms with Crippen LogP contribution >= 0.6 is 11.8 Å². The van der Waals surface area contributed by atoms with Crippen LogP contribution in [0.15, 0.2) is 53.3 Å². The van der Waals surface area contributed by atoms with E-state index in [1.54, 1.807) is 57.2 Å². The maximum Gasteiger partial charge on any atom is 0.329 e. The van der Waals surface area contributed by atoms with Crippen molar-refractivity contribution in [3.05, 3.63) is 59.0 Å². The van der Waals surface area contributed by atoms with Crippen LogP contribution in [0.4, 0.5) is 5.69 Å². The van der Waals surface area contributed by atoms with Gasteiger partial charge in [0, 0.05) is 31.0 Å². The average Bonchev–Trinajstić information content (AvgIpc) is 3.40. The van der Waals surface area contributed by atoms with E-state index in [4.69, 9.17) is 4.74 Å². The van der Waals surface area contributed by atoms with Crippen molar-refractivity contribution in [2.75, 3.05) is 24.1 Å². The Bertz CT molecular complexity index is 1180. The number of aromatic nitrogens is 2. The largest absolute Gasteiger partial charge is 0.497 e. The third-order valence-corrected chi connectivity index (χ3v) is 6.67. The SMILES string of the molecule is CCn1c(=O)n(CCC(=O)N2CSCC2C(=O)Nc2ccc(OC)cc2)c2ccccc21. The number of aryl methyl sites for hydroxylation is 2. The van der Waals surface area contributed by atoms with Gasteiger partial charge >= 0.3 is 5.69 Å². The minimum atomic E-state index is -0.539. The monoisotopic (exact) mass is 454 g/mol. The summed E-state index contributed by atoms with van der Waals surface area (Å²) < 4.78 is 8.49. The lowest BCUT2D eigenvalue weighted by Gasteiger charge is -2.23. The van der Waals surface area contributed by atoms with E-state index < -0.39 is 6.04 Å². The molecule has 2 heterocycles. The molecule has 32 heavy (non-hydrogen) atoms. The number of thioether (sulfide) groups is 1. The van der Waals surface area contributed by atoms with Crippen molar-refractivity contribution in [1.29, 1.82) is 0 Å². The van der Waals surface area contributed by atoms with Crippen molar-refractivity contribution in [1.82, 2.24) is 14.0 Å². The summed E-state index contributed by atoms with van der Waals surface area (Å²) in [7, 11) is 1.58. The number of hydrogen-bond donors (Lipinski definition) is 1. The first kappa shape index (κ1) is 22.0. The summed E-state index contributed by atoms with van der Waals surface area (Å²) in [6.07, 6.45) is 0.157. The van der Waals surface area contributed by atoms with Crippen LogP contribution < -0.4 is 15.7 Å². The zero-order valence-corrected chi connectivity index (χ0v) is 18.9. The normalized spacial score (nSPS) is 15.8. The number of carbonyl (C=O) groups excluding carboxylic acids is 2. The predicted molar refractivity (Wildman–Crippen MR) is 126 cm³/mol. The Morgan fingerprint density at radius 2 is 1.78 bits per heavy atom. The summed E-state index contributed by atoms with van der Waals surface area (Å²) in [5, 5.41) is 2.88. The van der Waals surface area contributed by atoms with Crippen LogP contribution in [0.5, 0.6) is 5.75 Å². The van der Waals surface area contributed by atoms with E-state index in [1.165, 1.54) is 0 Å². The fourth-order valence-corrected chi connectivity index (χ4v) is 5.13. The first-order valence-corrected chi connectivity index (χ1v) is 11.7. The number of para-hydroxylation sites is 2. The second-order valence-electron chi connectivity index (χ2n) is 7.51. The predicted octanol–water partition coefficient (Wildman–Crippen LogP) is 2.76. The minimum Gasteiger partial charge on any atom is -0.497 e. The molecule has 1 fully saturated rings. The molecular formula is C23H26N4O4S. The highest BCUT2D eigenvalue weighted by atomic mass is 32.2. The summed E-state index contributed by atoms with van der Waals surface area (Å²) in [6.45, 7) is 2.77. The third kappa shape index (κ3) is 4.25. The van der Waals surface area contributed by atoms with Crippen molar-refractivity contribution in [3.63, 3.8) is 0 Å². The first-order valence-electron chi connectivity index (χ1n) is 10.5. The number of carbonyl (C=O) groups is 2. The molecule has 1 saturated heterocycles. The Kier molecular flexibility index (Phi) is 6.55. The van der Waals surface area contributed by atoms with Crippen molar-refractivity contribution in [3.8, 4) is 5.75 Å². The number of fused-ring (bicyclic) bond motifs is 1. The molecular weight excluding hydrogens is 428 g/mol. The number of anilines is 1. The molecule has 1 aliphatic rings. The number of nitrogens with one attached hydrogen (secondary N) is 1. The Morgan fingerprint density at radius 1 is 1.09 bits per heavy atom. The molecule has 1 aromatic heterocycles. The number of amides is 2. The van der Waals surface area contributed by atoms with Gasteiger partial charge in [-0.15, -0.1) is 11.8 Å². The maximum atomic E-state index is 13.0. The van der Waals surface area contributed by atoms with E-state index in [0.29, 0.717) is 29.6 Å². The van der Waals surface area contributed by atoms with Crippen LogP contribution in [0, 0.1) is 0 Å². The molecule has 4 rings (SSSR count). The number of benzene rings is 2. The van der Waals surface area contributed by atoms with Gasteiger partial charge in [-0.05, 0) is 43.3 Å². The van der Waals surface area contributed by atoms with Crippen LogP contribution in [0.2, 0.25) is 0 Å². The number of methoxy groups -OCH3 is 1. The number of nitrogens with zero attached hydrogens (tertiary/aromatic N) is 3. The Balaban J connectivity index is 1.44. The van der Waals surface area contributed by atoms with Gasteiger partial charge in [0.25, 0.3) is 0 Å². The molecule has 1 aliphatic heterocycles. The highest BCUT2D eigenvalue weighted by molar-refractivity contribution is 7.99. The minimum absolute atomic E-state index is 0.119. The van der Waals surface area contributed by atoms with E-state index in [9.17, 15) is 14.4 Å². The number of ether oxygens (including phenoxy) is 1. The number of rotatable bonds is 7. The molecule has 3 aromatic rings. The molecule has 8 nitrogen and oxygen atoms in total. The molecule has 2 amide bonds. The Hall–Kier alpha value is -3.20. The lowest BCUT2D eigenvalue weighted by molar-refractivity contribution is -0.136. The Morgan fingerprint density at radius 3 is 2.44 bits per heavy atom. The van der Waals surface area contributed by atoms with Gasteiger partial charge in [0.2, 0.25) is 11.8 Å². The standard InChI is InChI=1S/C23H26N4O4S/c1-3-25-18-6-4-5-7-19(18)26(23(25)30)13-12-21(28)27-15-32-14-20(27)22(29)24-16-8-10-17(31-2)11-9-16/h4-11,20H,3,12-15H2,1-2H3,(H,24,29). The van der Waals surface area contributed by atoms with Gasteiger partial charge in [-0.1, -0.05) is 12.1 Å². The van der Waals surface area contributed by atoms with Crippen LogP contribution in [-0.4, -0.2) is 50.6 Å². The van der Waals surface area contributed by atoms with Crippen molar-refractivity contribution >= 4 is 40.3 Å². The topological polar surface area (TPSA) is 85.6 Å². The number of imidazole rings is 1. The highest BCUT2D eigenvalue weighted by Gasteiger charge is 2.34. The lowest BCUT2D eigenvalue weighted by atomic mass is 10.2. The molecule has 0 radical (unpaired) electrons. The smallest absolute Gasteiger partial charge is 0.329 e. The molecule has 0 aliphatic carbocycles. The van der Waals surface area contributed by atoms with Gasteiger partial charge in [-0.25, -0.2) is 4.79 Å². The second-order valence-corrected chi connectivity index (χ2v) is 8.51. The quantitative estimate of drug-likeness (QED) is 0.593. The van der Waals surface area contributed by atoms with Gasteiger partial charge in [0.05, 0.1) is 24.0 Å². The second kappa shape index (κ2) is 9.52. The first-order chi connectivity index (χ1) is 15.5. The molecule has 1 atom stereocenters. The number of hydrogen-bond acceptors (Lipinski definition) is 5. The van der Waals surface area contributed by atoms with Crippen molar-refractivity contribution in [2.45, 2.75) is 32.5 Å². The molecule has 0 saturated carbocycles. The summed E-state index contributed by atoms with van der Waals surface area (Å²) in [4.78, 5) is 40.2. The summed E-state index contributed by atoms with van der Waals surface area (Å²) in [5.41, 5.74) is 2.21. The van der Waals surface area contributed by atoms with E-state index in [2.05, 4.69) is 5.32 Å². The van der Waals surface area contributed by atoms with Crippen molar-refractivity contribution in [2.24, 2.45) is 0 Å². The van der Waals surface area contributed by atoms with Crippen LogP contribution in [-0.2, 0) is 22.7 Å². The highest BCUT2D eigenvalue weighted by Crippen LogP contribution is 2.24. The molecule has 168 valence electrons. The van der Waals surface area contributed by atoms with E-state index in [0.717, 1.165) is 11.0 Å². The summed E-state index contributed by atoms with van der Waals surface area (Å²) >= 11 is 1.55. The zero-order valence-electron chi connectivity index (χ0n) is 18.1. The van der Waals surface area contributed by atoms with Gasteiger partial charge in [0.1, 0.15) is 11.8 Å². The molecule has 0 spiro atoms. The van der Waals surface area contributed by atoms with Crippen molar-refractivity contribution < 1.29 is 14.3 Å². The Labute approximate surface area is 190 Å². The molecule has 9 heteroatoms. The zero-order chi connectivity index (χ0) is 22.7. The third-order valence-electron chi connectivity index (χ3n) is 5.65. The molecule has 2 aromatic carbocycles. The summed E-state index contributed by atoms with van der Waals surface area (Å²) in [5.74, 6) is 1.36. The average molecular weight is 455 g/mol. The van der Waals surface area contributed by atoms with E-state index in [-0.39, 0.29) is 30.5 Å². The van der Waals surface area contributed by atoms with Crippen LogP contribution in [0.3, 0.4) is 0 Å². The van der Waals surface area contributed by atoms with Gasteiger partial charge in [-0.3, -0.25) is 18.7 Å². The van der Waals surface area contributed by atoms with E-state index >= 15 is 0 Å². The fourth-order valence-electron chi connectivity index (χ4n) is 3.95. The van der Waals surface area contributed by atoms with Crippen LogP contribution in [0.1, 0.15) is 13.3 Å². The van der Waals surface area contributed by atoms with Crippen LogP contribution in [0.25, 0.3) is 11.0 Å². The fraction of sp³-hybridized carbons (Fsp3) is 0.348. The van der Waals surface area contributed by atoms with Gasteiger partial charge in [-0.2, -0.15) is 0 Å². The molecule has 0 bridgehead atoms. The molecule has 1 N–H and O–H groups in total. The van der Waals surface area contributed by atoms with Gasteiger partial charge < -0.3 is 15.0 Å². The van der Waals surface area contributed by atoms with E-state index in [1.807, 2.05) is 31.2 Å². The molecule has 1 unspecified atom stereocenters. The maximum absolute atomic E-state index is 13.0. The summed E-state index contributed by atoms with van der Waals surface area (Å²) in [6, 6.07) is 14.1. The lowest BCUT2D eigenvalue weighted by Crippen LogP contribution is -2.44.